The monoisotopic (exact) mass is 353 g/mol. The first-order chi connectivity index (χ1) is 12.1. The average Bonchev–Trinajstić information content (AvgIpc) is 2.62. The Kier molecular flexibility index (Phi) is 10.9. The van der Waals surface area contributed by atoms with Crippen molar-refractivity contribution >= 4 is 6.08 Å². The van der Waals surface area contributed by atoms with Crippen molar-refractivity contribution in [2.75, 3.05) is 60.8 Å². The molecule has 0 saturated carbocycles. The van der Waals surface area contributed by atoms with E-state index in [4.69, 9.17) is 18.9 Å². The fraction of sp³-hybridized carbons (Fsp3) is 0.579. The van der Waals surface area contributed by atoms with Crippen molar-refractivity contribution in [3.63, 3.8) is 0 Å². The van der Waals surface area contributed by atoms with Gasteiger partial charge in [-0.15, -0.1) is 0 Å². The van der Waals surface area contributed by atoms with Gasteiger partial charge in [0.05, 0.1) is 20.3 Å². The van der Waals surface area contributed by atoms with E-state index >= 15 is 0 Å². The Balaban J connectivity index is 2.57. The number of hydrogen-bond donors (Lipinski definition) is 1. The maximum absolute atomic E-state index is 10.3. The molecule has 0 aliphatic heterocycles. The highest BCUT2D eigenvalue weighted by Crippen LogP contribution is 2.28. The van der Waals surface area contributed by atoms with Gasteiger partial charge in [0, 0.05) is 33.9 Å². The molecule has 1 aromatic rings. The lowest BCUT2D eigenvalue weighted by Crippen LogP contribution is -2.39. The van der Waals surface area contributed by atoms with Crippen molar-refractivity contribution in [3.05, 3.63) is 29.8 Å². The first-order valence-corrected chi connectivity index (χ1v) is 8.46. The Morgan fingerprint density at radius 1 is 1.08 bits per heavy atom. The van der Waals surface area contributed by atoms with Crippen molar-refractivity contribution in [1.29, 1.82) is 0 Å². The second-order valence-corrected chi connectivity index (χ2v) is 5.66. The summed E-state index contributed by atoms with van der Waals surface area (Å²) in [4.78, 5) is 2.09. The molecular formula is C19H31NO5. The fourth-order valence-corrected chi connectivity index (χ4v) is 2.37. The zero-order chi connectivity index (χ0) is 18.5. The van der Waals surface area contributed by atoms with Crippen LogP contribution in [0.4, 0.5) is 0 Å². The zero-order valence-electron chi connectivity index (χ0n) is 15.7. The van der Waals surface area contributed by atoms with Crippen LogP contribution in [0, 0.1) is 0 Å². The van der Waals surface area contributed by atoms with Crippen LogP contribution in [-0.4, -0.2) is 76.9 Å². The van der Waals surface area contributed by atoms with E-state index in [2.05, 4.69) is 4.90 Å². The number of hydrogen-bond acceptors (Lipinski definition) is 6. The molecule has 0 fully saturated rings. The summed E-state index contributed by atoms with van der Waals surface area (Å²) >= 11 is 0. The molecular weight excluding hydrogens is 322 g/mol. The van der Waals surface area contributed by atoms with Gasteiger partial charge < -0.3 is 24.1 Å². The molecule has 25 heavy (non-hydrogen) atoms. The lowest BCUT2D eigenvalue weighted by atomic mass is 10.2. The van der Waals surface area contributed by atoms with E-state index in [0.717, 1.165) is 18.7 Å². The number of nitrogens with zero attached hydrogens (tertiary/aromatic N) is 1. The SMILES string of the molecule is CC=Cc1ccc(OCC(O)CN(CCOC)CCOC)c(OC)c1. The molecule has 0 amide bonds. The molecule has 1 N–H and O–H groups in total. The number of methoxy groups -OCH3 is 3. The maximum Gasteiger partial charge on any atom is 0.161 e. The maximum atomic E-state index is 10.3. The van der Waals surface area contributed by atoms with Crippen molar-refractivity contribution in [2.24, 2.45) is 0 Å². The number of allylic oxidation sites excluding steroid dienone is 1. The van der Waals surface area contributed by atoms with E-state index in [1.807, 2.05) is 37.3 Å². The molecule has 6 nitrogen and oxygen atoms in total. The third kappa shape index (κ3) is 8.36. The molecule has 0 bridgehead atoms. The molecule has 6 heteroatoms. The van der Waals surface area contributed by atoms with E-state index in [9.17, 15) is 5.11 Å². The van der Waals surface area contributed by atoms with Crippen molar-refractivity contribution in [3.8, 4) is 11.5 Å². The molecule has 0 aliphatic carbocycles. The van der Waals surface area contributed by atoms with Gasteiger partial charge in [0.2, 0.25) is 0 Å². The van der Waals surface area contributed by atoms with Gasteiger partial charge >= 0.3 is 0 Å². The van der Waals surface area contributed by atoms with Crippen LogP contribution in [0.15, 0.2) is 24.3 Å². The first-order valence-electron chi connectivity index (χ1n) is 8.46. The first kappa shape index (κ1) is 21.4. The molecule has 0 saturated heterocycles. The lowest BCUT2D eigenvalue weighted by Gasteiger charge is -2.24. The van der Waals surface area contributed by atoms with Crippen LogP contribution in [0.25, 0.3) is 6.08 Å². The summed E-state index contributed by atoms with van der Waals surface area (Å²) in [5.74, 6) is 1.27. The van der Waals surface area contributed by atoms with E-state index in [1.165, 1.54) is 0 Å². The smallest absolute Gasteiger partial charge is 0.161 e. The third-order valence-corrected chi connectivity index (χ3v) is 3.67. The van der Waals surface area contributed by atoms with Crippen LogP contribution in [0.5, 0.6) is 11.5 Å². The summed E-state index contributed by atoms with van der Waals surface area (Å²) < 4.78 is 21.3. The van der Waals surface area contributed by atoms with Crippen LogP contribution < -0.4 is 9.47 Å². The number of rotatable bonds is 13. The van der Waals surface area contributed by atoms with E-state index in [0.29, 0.717) is 31.3 Å². The van der Waals surface area contributed by atoms with Gasteiger partial charge in [0.1, 0.15) is 12.7 Å². The highest BCUT2D eigenvalue weighted by Gasteiger charge is 2.14. The predicted molar refractivity (Wildman–Crippen MR) is 99.4 cm³/mol. The molecule has 1 unspecified atom stereocenters. The molecule has 0 aromatic heterocycles. The highest BCUT2D eigenvalue weighted by atomic mass is 16.5. The second kappa shape index (κ2) is 12.7. The molecule has 0 spiro atoms. The van der Waals surface area contributed by atoms with E-state index < -0.39 is 6.10 Å². The van der Waals surface area contributed by atoms with Gasteiger partial charge in [-0.05, 0) is 24.6 Å². The quantitative estimate of drug-likeness (QED) is 0.586. The molecule has 1 rings (SSSR count). The number of aliphatic hydroxyl groups is 1. The van der Waals surface area contributed by atoms with E-state index in [1.54, 1.807) is 21.3 Å². The van der Waals surface area contributed by atoms with Crippen molar-refractivity contribution in [1.82, 2.24) is 4.90 Å². The summed E-state index contributed by atoms with van der Waals surface area (Å²) in [6.07, 6.45) is 3.34. The zero-order valence-corrected chi connectivity index (χ0v) is 15.7. The summed E-state index contributed by atoms with van der Waals surface area (Å²) in [6.45, 7) is 5.33. The molecule has 0 heterocycles. The predicted octanol–water partition coefficient (Wildman–Crippen LogP) is 2.06. The van der Waals surface area contributed by atoms with E-state index in [-0.39, 0.29) is 6.61 Å². The summed E-state index contributed by atoms with van der Waals surface area (Å²) in [5.41, 5.74) is 1.04. The normalized spacial score (nSPS) is 12.7. The number of aliphatic hydroxyl groups excluding tert-OH is 1. The van der Waals surface area contributed by atoms with Crippen LogP contribution in [0.1, 0.15) is 12.5 Å². The second-order valence-electron chi connectivity index (χ2n) is 5.66. The Bertz CT molecular complexity index is 499. The summed E-state index contributed by atoms with van der Waals surface area (Å²) in [5, 5.41) is 10.3. The van der Waals surface area contributed by atoms with Gasteiger partial charge in [-0.1, -0.05) is 18.2 Å². The van der Waals surface area contributed by atoms with Gasteiger partial charge in [-0.3, -0.25) is 4.90 Å². The van der Waals surface area contributed by atoms with Gasteiger partial charge in [0.25, 0.3) is 0 Å². The standard InChI is InChI=1S/C19H31NO5/c1-5-6-16-7-8-18(19(13-16)24-4)25-15-17(21)14-20(9-11-22-2)10-12-23-3/h5-8,13,17,21H,9-12,14-15H2,1-4H3. The van der Waals surface area contributed by atoms with Gasteiger partial charge in [-0.2, -0.15) is 0 Å². The average molecular weight is 353 g/mol. The Morgan fingerprint density at radius 3 is 2.32 bits per heavy atom. The van der Waals surface area contributed by atoms with Crippen LogP contribution in [0.2, 0.25) is 0 Å². The molecule has 0 aliphatic rings. The molecule has 142 valence electrons. The molecule has 0 radical (unpaired) electrons. The largest absolute Gasteiger partial charge is 0.493 e. The highest BCUT2D eigenvalue weighted by molar-refractivity contribution is 5.55. The minimum atomic E-state index is -0.617. The van der Waals surface area contributed by atoms with Gasteiger partial charge in [-0.25, -0.2) is 0 Å². The van der Waals surface area contributed by atoms with Crippen molar-refractivity contribution in [2.45, 2.75) is 13.0 Å². The number of ether oxygens (including phenoxy) is 4. The Labute approximate surface area is 150 Å². The van der Waals surface area contributed by atoms with Crippen molar-refractivity contribution < 1.29 is 24.1 Å². The minimum Gasteiger partial charge on any atom is -0.493 e. The molecule has 1 aromatic carbocycles. The van der Waals surface area contributed by atoms with Gasteiger partial charge in [0.15, 0.2) is 11.5 Å². The van der Waals surface area contributed by atoms with Crippen LogP contribution in [-0.2, 0) is 9.47 Å². The Morgan fingerprint density at radius 2 is 1.76 bits per heavy atom. The number of benzene rings is 1. The fourth-order valence-electron chi connectivity index (χ4n) is 2.37. The summed E-state index contributed by atoms with van der Waals surface area (Å²) in [6, 6.07) is 5.72. The topological polar surface area (TPSA) is 60.4 Å². The summed E-state index contributed by atoms with van der Waals surface area (Å²) in [7, 11) is 4.94. The van der Waals surface area contributed by atoms with Crippen LogP contribution in [0.3, 0.4) is 0 Å². The molecule has 1 atom stereocenters. The third-order valence-electron chi connectivity index (χ3n) is 3.67. The minimum absolute atomic E-state index is 0.190. The Hall–Kier alpha value is -1.60. The lowest BCUT2D eigenvalue weighted by molar-refractivity contribution is 0.0454. The van der Waals surface area contributed by atoms with Crippen LogP contribution >= 0.6 is 0 Å².